The van der Waals surface area contributed by atoms with E-state index >= 15 is 0 Å². The zero-order chi connectivity index (χ0) is 26.2. The van der Waals surface area contributed by atoms with Gasteiger partial charge in [0.05, 0.1) is 24.9 Å². The number of imidazole rings is 1. The van der Waals surface area contributed by atoms with Crippen LogP contribution in [0.4, 0.5) is 5.95 Å². The van der Waals surface area contributed by atoms with Gasteiger partial charge in [0, 0.05) is 31.6 Å². The van der Waals surface area contributed by atoms with Crippen molar-refractivity contribution in [2.24, 2.45) is 11.5 Å². The fourth-order valence-electron chi connectivity index (χ4n) is 3.67. The van der Waals surface area contributed by atoms with Crippen LogP contribution in [0, 0.1) is 6.92 Å². The quantitative estimate of drug-likeness (QED) is 0.193. The molecule has 0 aliphatic carbocycles. The Morgan fingerprint density at radius 3 is 2.64 bits per heavy atom. The molecule has 192 valence electrons. The van der Waals surface area contributed by atoms with Gasteiger partial charge in [-0.2, -0.15) is 5.10 Å². The van der Waals surface area contributed by atoms with Crippen molar-refractivity contribution in [1.29, 1.82) is 0 Å². The summed E-state index contributed by atoms with van der Waals surface area (Å²) in [7, 11) is 1.32. The Morgan fingerprint density at radius 2 is 1.97 bits per heavy atom. The Balaban J connectivity index is 2.04. The van der Waals surface area contributed by atoms with Crippen LogP contribution in [0.2, 0.25) is 0 Å². The van der Waals surface area contributed by atoms with Crippen molar-refractivity contribution in [3.63, 3.8) is 0 Å². The number of fused-ring (bicyclic) bond motifs is 1. The minimum absolute atomic E-state index is 0.180. The van der Waals surface area contributed by atoms with Gasteiger partial charge < -0.3 is 25.5 Å². The third-order valence-electron chi connectivity index (χ3n) is 5.35. The molecule has 0 fully saturated rings. The maximum Gasteiger partial charge on any atom is 0.305 e. The molecule has 0 saturated carbocycles. The number of hydrogen-bond donors (Lipinski definition) is 3. The Hall–Kier alpha value is -4.19. The SMILES string of the molecule is CCn1nc(C)cc1C(=O)Nc1nc2cc(C(N)=O)cc(OCCCC(=O)OC)c2n1C/C=C/CN. The molecule has 2 amide bonds. The van der Waals surface area contributed by atoms with Crippen molar-refractivity contribution < 1.29 is 23.9 Å². The van der Waals surface area contributed by atoms with E-state index in [2.05, 4.69) is 20.1 Å². The molecule has 0 saturated heterocycles. The summed E-state index contributed by atoms with van der Waals surface area (Å²) in [5, 5.41) is 7.17. The zero-order valence-electron chi connectivity index (χ0n) is 20.6. The van der Waals surface area contributed by atoms with Gasteiger partial charge in [-0.1, -0.05) is 12.2 Å². The van der Waals surface area contributed by atoms with Crippen molar-refractivity contribution >= 4 is 34.8 Å². The van der Waals surface area contributed by atoms with E-state index in [9.17, 15) is 14.4 Å². The number of primary amides is 1. The second-order valence-corrected chi connectivity index (χ2v) is 7.93. The van der Waals surface area contributed by atoms with Crippen LogP contribution in [-0.2, 0) is 22.6 Å². The summed E-state index contributed by atoms with van der Waals surface area (Å²) < 4.78 is 14.0. The molecular weight excluding hydrogens is 466 g/mol. The number of carbonyl (C=O) groups excluding carboxylic acids is 3. The normalized spacial score (nSPS) is 11.2. The molecule has 0 atom stereocenters. The Bertz CT molecular complexity index is 1290. The van der Waals surface area contributed by atoms with Crippen molar-refractivity contribution in [2.75, 3.05) is 25.6 Å². The number of aromatic nitrogens is 4. The molecular formula is C24H31N7O5. The predicted molar refractivity (Wildman–Crippen MR) is 134 cm³/mol. The molecule has 1 aromatic carbocycles. The Labute approximate surface area is 208 Å². The van der Waals surface area contributed by atoms with Crippen LogP contribution in [0.3, 0.4) is 0 Å². The number of hydrogen-bond acceptors (Lipinski definition) is 8. The highest BCUT2D eigenvalue weighted by Crippen LogP contribution is 2.31. The second kappa shape index (κ2) is 12.0. The van der Waals surface area contributed by atoms with Crippen LogP contribution in [0.15, 0.2) is 30.4 Å². The summed E-state index contributed by atoms with van der Waals surface area (Å²) in [4.78, 5) is 41.1. The topological polar surface area (TPSA) is 169 Å². The minimum atomic E-state index is -0.651. The maximum absolute atomic E-state index is 13.1. The molecule has 36 heavy (non-hydrogen) atoms. The monoisotopic (exact) mass is 497 g/mol. The van der Waals surface area contributed by atoms with Gasteiger partial charge in [0.15, 0.2) is 0 Å². The van der Waals surface area contributed by atoms with Gasteiger partial charge in [-0.25, -0.2) is 4.98 Å². The van der Waals surface area contributed by atoms with Crippen LogP contribution in [0.25, 0.3) is 11.0 Å². The molecule has 0 aliphatic heterocycles. The highest BCUT2D eigenvalue weighted by atomic mass is 16.5. The molecule has 0 unspecified atom stereocenters. The molecule has 2 aromatic heterocycles. The summed E-state index contributed by atoms with van der Waals surface area (Å²) in [6.45, 7) is 5.08. The molecule has 3 rings (SSSR count). The number of carbonyl (C=O) groups is 3. The van der Waals surface area contributed by atoms with E-state index < -0.39 is 5.91 Å². The highest BCUT2D eigenvalue weighted by Gasteiger charge is 2.21. The van der Waals surface area contributed by atoms with Crippen molar-refractivity contribution in [2.45, 2.75) is 39.8 Å². The van der Waals surface area contributed by atoms with E-state index in [1.165, 1.54) is 19.2 Å². The van der Waals surface area contributed by atoms with Gasteiger partial charge >= 0.3 is 5.97 Å². The molecule has 5 N–H and O–H groups in total. The predicted octanol–water partition coefficient (Wildman–Crippen LogP) is 1.76. The number of nitrogens with one attached hydrogen (secondary N) is 1. The minimum Gasteiger partial charge on any atom is -0.491 e. The van der Waals surface area contributed by atoms with E-state index in [1.807, 2.05) is 19.9 Å². The van der Waals surface area contributed by atoms with E-state index in [0.717, 1.165) is 5.69 Å². The lowest BCUT2D eigenvalue weighted by Crippen LogP contribution is -2.20. The first-order chi connectivity index (χ1) is 17.3. The molecule has 12 nitrogen and oxygen atoms in total. The van der Waals surface area contributed by atoms with E-state index in [1.54, 1.807) is 21.4 Å². The van der Waals surface area contributed by atoms with Crippen molar-refractivity contribution in [1.82, 2.24) is 19.3 Å². The molecule has 0 bridgehead atoms. The van der Waals surface area contributed by atoms with E-state index in [4.69, 9.17) is 16.2 Å². The smallest absolute Gasteiger partial charge is 0.305 e. The molecule has 0 radical (unpaired) electrons. The number of nitrogens with two attached hydrogens (primary N) is 2. The molecule has 12 heteroatoms. The average molecular weight is 498 g/mol. The van der Waals surface area contributed by atoms with Crippen molar-refractivity contribution in [3.8, 4) is 5.75 Å². The summed E-state index contributed by atoms with van der Waals surface area (Å²) in [6.07, 6.45) is 4.20. The van der Waals surface area contributed by atoms with E-state index in [-0.39, 0.29) is 36.4 Å². The summed E-state index contributed by atoms with van der Waals surface area (Å²) >= 11 is 0. The zero-order valence-corrected chi connectivity index (χ0v) is 20.6. The number of methoxy groups -OCH3 is 1. The van der Waals surface area contributed by atoms with Gasteiger partial charge in [-0.3, -0.25) is 24.4 Å². The molecule has 0 aliphatic rings. The number of aryl methyl sites for hydroxylation is 2. The second-order valence-electron chi connectivity index (χ2n) is 7.93. The summed E-state index contributed by atoms with van der Waals surface area (Å²) in [5.74, 6) is -0.790. The lowest BCUT2D eigenvalue weighted by atomic mass is 10.1. The first kappa shape index (κ1) is 26.4. The third kappa shape index (κ3) is 6.08. The highest BCUT2D eigenvalue weighted by molar-refractivity contribution is 6.04. The number of nitrogens with zero attached hydrogens (tertiary/aromatic N) is 4. The standard InChI is InChI=1S/C24H31N7O5/c1-4-31-18(12-15(2)29-31)23(34)28-24-27-17-13-16(22(26)33)14-19(36-11-7-8-20(32)35-3)21(17)30(24)10-6-5-9-25/h5-6,12-14H,4,7-11,25H2,1-3H3,(H2,26,33)(H,27,28,34)/b6-5+. The van der Waals surface area contributed by atoms with Crippen molar-refractivity contribution in [3.05, 3.63) is 47.3 Å². The first-order valence-corrected chi connectivity index (χ1v) is 11.5. The van der Waals surface area contributed by atoms with Gasteiger partial charge in [0.1, 0.15) is 17.0 Å². The lowest BCUT2D eigenvalue weighted by Gasteiger charge is -2.13. The lowest BCUT2D eigenvalue weighted by molar-refractivity contribution is -0.140. The van der Waals surface area contributed by atoms with Crippen LogP contribution in [-0.4, -0.2) is 57.4 Å². The third-order valence-corrected chi connectivity index (χ3v) is 5.35. The fraction of sp³-hybridized carbons (Fsp3) is 0.375. The Morgan fingerprint density at radius 1 is 1.19 bits per heavy atom. The number of rotatable bonds is 12. The molecule has 0 spiro atoms. The van der Waals surface area contributed by atoms with Crippen LogP contribution < -0.4 is 21.5 Å². The van der Waals surface area contributed by atoms with Gasteiger partial charge in [0.25, 0.3) is 5.91 Å². The number of esters is 1. The largest absolute Gasteiger partial charge is 0.491 e. The summed E-state index contributed by atoms with van der Waals surface area (Å²) in [5.41, 5.74) is 13.4. The van der Waals surface area contributed by atoms with Crippen LogP contribution in [0.1, 0.15) is 46.3 Å². The van der Waals surface area contributed by atoms with Gasteiger partial charge in [-0.05, 0) is 38.5 Å². The van der Waals surface area contributed by atoms with Gasteiger partial charge in [0.2, 0.25) is 11.9 Å². The number of benzene rings is 1. The van der Waals surface area contributed by atoms with Crippen LogP contribution >= 0.6 is 0 Å². The summed E-state index contributed by atoms with van der Waals surface area (Å²) in [6, 6.07) is 4.76. The number of amides is 2. The van der Waals surface area contributed by atoms with Gasteiger partial charge in [-0.15, -0.1) is 0 Å². The van der Waals surface area contributed by atoms with E-state index in [0.29, 0.717) is 48.5 Å². The fourth-order valence-corrected chi connectivity index (χ4v) is 3.67. The number of allylic oxidation sites excluding steroid dienone is 1. The Kier molecular flexibility index (Phi) is 8.79. The maximum atomic E-state index is 13.1. The van der Waals surface area contributed by atoms with Crippen LogP contribution in [0.5, 0.6) is 5.75 Å². The number of ether oxygens (including phenoxy) is 2. The molecule has 2 heterocycles. The molecule has 3 aromatic rings. The first-order valence-electron chi connectivity index (χ1n) is 11.5. The number of anilines is 1. The average Bonchev–Trinajstić information content (AvgIpc) is 3.41.